The van der Waals surface area contributed by atoms with Crippen LogP contribution in [0.25, 0.3) is 0 Å². The molecule has 0 saturated carbocycles. The van der Waals surface area contributed by atoms with Crippen LogP contribution in [0.1, 0.15) is 15.9 Å². The molecule has 1 rings (SSSR count). The van der Waals surface area contributed by atoms with Crippen molar-refractivity contribution in [1.82, 2.24) is 0 Å². The third-order valence-corrected chi connectivity index (χ3v) is 2.63. The van der Waals surface area contributed by atoms with Gasteiger partial charge in [-0.05, 0) is 40.5 Å². The first-order chi connectivity index (χ1) is 6.45. The summed E-state index contributed by atoms with van der Waals surface area (Å²) in [5.74, 6) is 0. The predicted octanol–water partition coefficient (Wildman–Crippen LogP) is 3.04. The topological polar surface area (TPSA) is 60.2 Å². The second kappa shape index (κ2) is 4.06. The number of carbonyl (C=O) groups is 1. The lowest BCUT2D eigenvalue weighted by Crippen LogP contribution is -2.00. The van der Waals surface area contributed by atoms with E-state index in [1.807, 2.05) is 0 Å². The van der Waals surface area contributed by atoms with Crippen molar-refractivity contribution in [2.45, 2.75) is 6.92 Å². The van der Waals surface area contributed by atoms with E-state index in [1.54, 1.807) is 0 Å². The molecular formula is C8H5BrClNO3. The molecule has 0 aliphatic rings. The maximum Gasteiger partial charge on any atom is 0.273 e. The van der Waals surface area contributed by atoms with E-state index in [4.69, 9.17) is 11.6 Å². The van der Waals surface area contributed by atoms with Gasteiger partial charge in [-0.15, -0.1) is 0 Å². The Hall–Kier alpha value is -0.940. The number of hydrogen-bond donors (Lipinski definition) is 0. The van der Waals surface area contributed by atoms with Crippen LogP contribution in [0, 0.1) is 17.0 Å². The highest BCUT2D eigenvalue weighted by atomic mass is 79.9. The molecule has 4 nitrogen and oxygen atoms in total. The SMILES string of the molecule is Cc1c([N+](=O)[O-])ccc(Br)c1C(=O)Cl. The molecule has 0 aliphatic carbocycles. The molecule has 1 aromatic rings. The van der Waals surface area contributed by atoms with E-state index >= 15 is 0 Å². The maximum atomic E-state index is 11.0. The molecule has 0 bridgehead atoms. The summed E-state index contributed by atoms with van der Waals surface area (Å²) in [5.41, 5.74) is 0.294. The summed E-state index contributed by atoms with van der Waals surface area (Å²) in [6.45, 7) is 1.48. The van der Waals surface area contributed by atoms with Crippen molar-refractivity contribution in [2.24, 2.45) is 0 Å². The van der Waals surface area contributed by atoms with Gasteiger partial charge in [0.1, 0.15) is 0 Å². The fourth-order valence-electron chi connectivity index (χ4n) is 1.11. The Morgan fingerprint density at radius 2 is 2.14 bits per heavy atom. The first kappa shape index (κ1) is 11.1. The van der Waals surface area contributed by atoms with Gasteiger partial charge in [0.15, 0.2) is 0 Å². The van der Waals surface area contributed by atoms with E-state index in [0.29, 0.717) is 4.47 Å². The summed E-state index contributed by atoms with van der Waals surface area (Å²) in [6.07, 6.45) is 0. The number of nitro groups is 1. The largest absolute Gasteiger partial charge is 0.276 e. The number of hydrogen-bond acceptors (Lipinski definition) is 3. The summed E-state index contributed by atoms with van der Waals surface area (Å²) < 4.78 is 0.459. The predicted molar refractivity (Wildman–Crippen MR) is 55.7 cm³/mol. The first-order valence-corrected chi connectivity index (χ1v) is 4.75. The Morgan fingerprint density at radius 3 is 2.57 bits per heavy atom. The molecule has 0 aromatic heterocycles. The maximum absolute atomic E-state index is 11.0. The lowest BCUT2D eigenvalue weighted by Gasteiger charge is -2.03. The third-order valence-electron chi connectivity index (χ3n) is 1.78. The standard InChI is InChI=1S/C8H5BrClNO3/c1-4-6(11(13)14)3-2-5(9)7(4)8(10)12/h2-3H,1H3. The van der Waals surface area contributed by atoms with Crippen molar-refractivity contribution in [3.05, 3.63) is 37.8 Å². The van der Waals surface area contributed by atoms with Crippen molar-refractivity contribution < 1.29 is 9.72 Å². The summed E-state index contributed by atoms with van der Waals surface area (Å²) in [6, 6.07) is 2.75. The summed E-state index contributed by atoms with van der Waals surface area (Å²) in [7, 11) is 0. The van der Waals surface area contributed by atoms with Crippen molar-refractivity contribution in [3.8, 4) is 0 Å². The third kappa shape index (κ3) is 1.93. The van der Waals surface area contributed by atoms with Gasteiger partial charge in [0.25, 0.3) is 10.9 Å². The quantitative estimate of drug-likeness (QED) is 0.474. The Bertz CT molecular complexity index is 419. The zero-order valence-electron chi connectivity index (χ0n) is 7.08. The average molecular weight is 278 g/mol. The van der Waals surface area contributed by atoms with E-state index in [9.17, 15) is 14.9 Å². The van der Waals surface area contributed by atoms with Gasteiger partial charge in [-0.2, -0.15) is 0 Å². The van der Waals surface area contributed by atoms with Crippen LogP contribution >= 0.6 is 27.5 Å². The van der Waals surface area contributed by atoms with Gasteiger partial charge >= 0.3 is 0 Å². The fourth-order valence-corrected chi connectivity index (χ4v) is 2.07. The molecule has 6 heteroatoms. The van der Waals surface area contributed by atoms with E-state index < -0.39 is 10.2 Å². The van der Waals surface area contributed by atoms with Gasteiger partial charge < -0.3 is 0 Å². The molecule has 0 unspecified atom stereocenters. The molecule has 0 amide bonds. The number of nitrogens with zero attached hydrogens (tertiary/aromatic N) is 1. The molecule has 0 atom stereocenters. The van der Waals surface area contributed by atoms with Crippen LogP contribution in [-0.4, -0.2) is 10.2 Å². The van der Waals surface area contributed by atoms with Crippen molar-refractivity contribution in [1.29, 1.82) is 0 Å². The lowest BCUT2D eigenvalue weighted by atomic mass is 10.1. The van der Waals surface area contributed by atoms with E-state index in [1.165, 1.54) is 19.1 Å². The fraction of sp³-hybridized carbons (Fsp3) is 0.125. The minimum absolute atomic E-state index is 0.114. The Kier molecular flexibility index (Phi) is 3.23. The lowest BCUT2D eigenvalue weighted by molar-refractivity contribution is -0.385. The van der Waals surface area contributed by atoms with Crippen molar-refractivity contribution in [3.63, 3.8) is 0 Å². The smallest absolute Gasteiger partial charge is 0.273 e. The molecule has 14 heavy (non-hydrogen) atoms. The average Bonchev–Trinajstić information content (AvgIpc) is 2.02. The van der Waals surface area contributed by atoms with Crippen LogP contribution in [0.4, 0.5) is 5.69 Å². The van der Waals surface area contributed by atoms with Crippen LogP contribution in [0.2, 0.25) is 0 Å². The second-order valence-corrected chi connectivity index (χ2v) is 3.79. The second-order valence-electron chi connectivity index (χ2n) is 2.60. The molecule has 74 valence electrons. The highest BCUT2D eigenvalue weighted by Gasteiger charge is 2.19. The van der Waals surface area contributed by atoms with Gasteiger partial charge in [-0.25, -0.2) is 0 Å². The van der Waals surface area contributed by atoms with Crippen molar-refractivity contribution >= 4 is 38.5 Å². The first-order valence-electron chi connectivity index (χ1n) is 3.58. The molecule has 0 spiro atoms. The number of rotatable bonds is 2. The number of halogens is 2. The Morgan fingerprint density at radius 1 is 1.57 bits per heavy atom. The molecule has 1 aromatic carbocycles. The zero-order valence-corrected chi connectivity index (χ0v) is 9.42. The number of nitro benzene ring substituents is 1. The number of benzene rings is 1. The summed E-state index contributed by atoms with van der Waals surface area (Å²) in [5, 5.41) is 9.83. The highest BCUT2D eigenvalue weighted by molar-refractivity contribution is 9.10. The van der Waals surface area contributed by atoms with Gasteiger partial charge in [0, 0.05) is 16.1 Å². The van der Waals surface area contributed by atoms with Gasteiger partial charge in [-0.3, -0.25) is 14.9 Å². The van der Waals surface area contributed by atoms with Crippen LogP contribution in [-0.2, 0) is 0 Å². The van der Waals surface area contributed by atoms with E-state index in [-0.39, 0.29) is 16.8 Å². The molecule has 0 radical (unpaired) electrons. The monoisotopic (exact) mass is 277 g/mol. The Balaban J connectivity index is 3.49. The molecule has 0 heterocycles. The highest BCUT2D eigenvalue weighted by Crippen LogP contribution is 2.29. The minimum Gasteiger partial charge on any atom is -0.276 e. The molecular weight excluding hydrogens is 273 g/mol. The molecule has 0 saturated heterocycles. The Labute approximate surface area is 93.1 Å². The van der Waals surface area contributed by atoms with Gasteiger partial charge in [0.2, 0.25) is 0 Å². The van der Waals surface area contributed by atoms with Crippen LogP contribution in [0.15, 0.2) is 16.6 Å². The van der Waals surface area contributed by atoms with Crippen LogP contribution < -0.4 is 0 Å². The zero-order chi connectivity index (χ0) is 10.9. The number of carbonyl (C=O) groups excluding carboxylic acids is 1. The minimum atomic E-state index is -0.710. The molecule has 0 aliphatic heterocycles. The van der Waals surface area contributed by atoms with Crippen LogP contribution in [0.5, 0.6) is 0 Å². The van der Waals surface area contributed by atoms with Gasteiger partial charge in [-0.1, -0.05) is 0 Å². The van der Waals surface area contributed by atoms with Crippen molar-refractivity contribution in [2.75, 3.05) is 0 Å². The van der Waals surface area contributed by atoms with Gasteiger partial charge in [0.05, 0.1) is 10.5 Å². The normalized spacial score (nSPS) is 9.93. The molecule has 0 fully saturated rings. The molecule has 0 N–H and O–H groups in total. The van der Waals surface area contributed by atoms with E-state index in [0.717, 1.165) is 0 Å². The summed E-state index contributed by atoms with van der Waals surface area (Å²) >= 11 is 8.40. The summed E-state index contributed by atoms with van der Waals surface area (Å²) in [4.78, 5) is 21.0. The van der Waals surface area contributed by atoms with Crippen LogP contribution in [0.3, 0.4) is 0 Å². The van der Waals surface area contributed by atoms with E-state index in [2.05, 4.69) is 15.9 Å².